The van der Waals surface area contributed by atoms with Crippen molar-refractivity contribution in [3.63, 3.8) is 0 Å². The summed E-state index contributed by atoms with van der Waals surface area (Å²) >= 11 is 6.04. The second-order valence-electron chi connectivity index (χ2n) is 7.86. The molecule has 0 spiro atoms. The summed E-state index contributed by atoms with van der Waals surface area (Å²) in [6.07, 6.45) is 4.69. The molecule has 3 heterocycles. The Morgan fingerprint density at radius 3 is 2.87 bits per heavy atom. The van der Waals surface area contributed by atoms with Gasteiger partial charge in [0.15, 0.2) is 0 Å². The van der Waals surface area contributed by atoms with Gasteiger partial charge in [-0.25, -0.2) is 14.8 Å². The van der Waals surface area contributed by atoms with Crippen molar-refractivity contribution in [1.82, 2.24) is 24.6 Å². The van der Waals surface area contributed by atoms with Gasteiger partial charge in [0.1, 0.15) is 17.5 Å². The van der Waals surface area contributed by atoms with Gasteiger partial charge in [-0.2, -0.15) is 5.10 Å². The smallest absolute Gasteiger partial charge is 0.338 e. The average molecular weight is 441 g/mol. The highest BCUT2D eigenvalue weighted by atomic mass is 35.5. The number of anilines is 1. The minimum Gasteiger partial charge on any atom is -0.460 e. The highest BCUT2D eigenvalue weighted by Crippen LogP contribution is 2.25. The molecule has 31 heavy (non-hydrogen) atoms. The molecule has 1 aromatic carbocycles. The third kappa shape index (κ3) is 5.03. The molecule has 0 saturated carbocycles. The first-order valence-corrected chi connectivity index (χ1v) is 10.6. The Kier molecular flexibility index (Phi) is 6.20. The first kappa shape index (κ1) is 21.3. The number of benzene rings is 1. The molecule has 9 heteroatoms. The van der Waals surface area contributed by atoms with Crippen LogP contribution in [0.1, 0.15) is 34.3 Å². The first-order valence-electron chi connectivity index (χ1n) is 10.2. The summed E-state index contributed by atoms with van der Waals surface area (Å²) in [5.74, 6) is -0.208. The van der Waals surface area contributed by atoms with Gasteiger partial charge in [-0.3, -0.25) is 4.68 Å². The van der Waals surface area contributed by atoms with E-state index in [4.69, 9.17) is 22.1 Å². The number of ether oxygens (including phenoxy) is 1. The molecular formula is C22H25ClN6O2. The molecule has 1 aliphatic heterocycles. The van der Waals surface area contributed by atoms with Gasteiger partial charge in [0, 0.05) is 37.3 Å². The van der Waals surface area contributed by atoms with E-state index in [2.05, 4.69) is 27.0 Å². The van der Waals surface area contributed by atoms with Crippen molar-refractivity contribution in [3.05, 3.63) is 58.4 Å². The lowest BCUT2D eigenvalue weighted by molar-refractivity contribution is 0.0416. The fourth-order valence-electron chi connectivity index (χ4n) is 3.91. The van der Waals surface area contributed by atoms with E-state index in [0.717, 1.165) is 30.5 Å². The van der Waals surface area contributed by atoms with Crippen molar-refractivity contribution in [2.45, 2.75) is 25.3 Å². The van der Waals surface area contributed by atoms with Gasteiger partial charge < -0.3 is 15.4 Å². The first-order chi connectivity index (χ1) is 14.9. The van der Waals surface area contributed by atoms with E-state index in [-0.39, 0.29) is 17.1 Å². The van der Waals surface area contributed by atoms with E-state index in [1.54, 1.807) is 16.8 Å². The van der Waals surface area contributed by atoms with Crippen LogP contribution in [0, 0.1) is 0 Å². The maximum Gasteiger partial charge on any atom is 0.338 e. The molecule has 1 fully saturated rings. The standard InChI is InChI=1S/C22H25ClN6O2/c1-28-8-4-7-17(28)13-31-21(30)15-6-3-5-14(9-15)10-16-12-29(2)27-20(16)18-11-19(23)26-22(24)25-18/h3,5-6,9,11-12,17H,4,7-8,10,13H2,1-2H3,(H2,24,25,26). The fraction of sp³-hybridized carbons (Fsp3) is 0.364. The Labute approximate surface area is 186 Å². The van der Waals surface area contributed by atoms with E-state index in [1.807, 2.05) is 31.4 Å². The SMILES string of the molecule is CN1CCCC1COC(=O)c1cccc(Cc2cn(C)nc2-c2cc(Cl)nc(N)n2)c1. The number of rotatable bonds is 6. The summed E-state index contributed by atoms with van der Waals surface area (Å²) in [7, 11) is 3.91. The summed E-state index contributed by atoms with van der Waals surface area (Å²) in [6.45, 7) is 1.47. The molecule has 0 amide bonds. The summed E-state index contributed by atoms with van der Waals surface area (Å²) in [6, 6.07) is 9.41. The van der Waals surface area contributed by atoms with Gasteiger partial charge in [0.05, 0.1) is 11.3 Å². The number of nitrogens with two attached hydrogens (primary N) is 1. The minimum atomic E-state index is -0.302. The average Bonchev–Trinajstić information content (AvgIpc) is 3.30. The summed E-state index contributed by atoms with van der Waals surface area (Å²) in [4.78, 5) is 23.0. The van der Waals surface area contributed by atoms with Crippen molar-refractivity contribution in [1.29, 1.82) is 0 Å². The van der Waals surface area contributed by atoms with Gasteiger partial charge in [-0.05, 0) is 44.1 Å². The van der Waals surface area contributed by atoms with E-state index in [9.17, 15) is 4.79 Å². The third-order valence-corrected chi connectivity index (χ3v) is 5.69. The van der Waals surface area contributed by atoms with E-state index < -0.39 is 0 Å². The second-order valence-corrected chi connectivity index (χ2v) is 8.25. The van der Waals surface area contributed by atoms with Crippen molar-refractivity contribution in [2.24, 2.45) is 7.05 Å². The molecule has 1 unspecified atom stereocenters. The maximum atomic E-state index is 12.6. The number of esters is 1. The number of likely N-dealkylation sites (tertiary alicyclic amines) is 1. The number of carbonyl (C=O) groups is 1. The van der Waals surface area contributed by atoms with Gasteiger partial charge in [0.25, 0.3) is 0 Å². The van der Waals surface area contributed by atoms with Crippen molar-refractivity contribution in [3.8, 4) is 11.4 Å². The lowest BCUT2D eigenvalue weighted by Crippen LogP contribution is -2.30. The largest absolute Gasteiger partial charge is 0.460 e. The Morgan fingerprint density at radius 1 is 1.29 bits per heavy atom. The number of nitrogen functional groups attached to an aromatic ring is 1. The Bertz CT molecular complexity index is 1080. The zero-order chi connectivity index (χ0) is 22.0. The van der Waals surface area contributed by atoms with Crippen molar-refractivity contribution in [2.75, 3.05) is 25.9 Å². The van der Waals surface area contributed by atoms with E-state index >= 15 is 0 Å². The predicted molar refractivity (Wildman–Crippen MR) is 119 cm³/mol. The van der Waals surface area contributed by atoms with Crippen molar-refractivity contribution >= 4 is 23.5 Å². The van der Waals surface area contributed by atoms with Crippen LogP contribution >= 0.6 is 11.6 Å². The van der Waals surface area contributed by atoms with E-state index in [1.165, 1.54) is 0 Å². The van der Waals surface area contributed by atoms with Crippen LogP contribution in [0.5, 0.6) is 0 Å². The Morgan fingerprint density at radius 2 is 2.13 bits per heavy atom. The lowest BCUT2D eigenvalue weighted by Gasteiger charge is -2.19. The molecule has 1 atom stereocenters. The number of carbonyl (C=O) groups excluding carboxylic acids is 1. The second kappa shape index (κ2) is 9.03. The zero-order valence-electron chi connectivity index (χ0n) is 17.6. The topological polar surface area (TPSA) is 99.2 Å². The molecule has 0 bridgehead atoms. The molecule has 2 aromatic heterocycles. The summed E-state index contributed by atoms with van der Waals surface area (Å²) in [5.41, 5.74) is 9.43. The quantitative estimate of drug-likeness (QED) is 0.464. The summed E-state index contributed by atoms with van der Waals surface area (Å²) in [5, 5.41) is 4.77. The molecule has 1 saturated heterocycles. The normalized spacial score (nSPS) is 16.5. The Balaban J connectivity index is 1.51. The molecule has 1 aliphatic rings. The molecule has 3 aromatic rings. The number of nitrogens with zero attached hydrogens (tertiary/aromatic N) is 5. The highest BCUT2D eigenvalue weighted by Gasteiger charge is 2.22. The monoisotopic (exact) mass is 440 g/mol. The molecular weight excluding hydrogens is 416 g/mol. The van der Waals surface area contributed by atoms with Crippen LogP contribution in [0.2, 0.25) is 5.15 Å². The van der Waals surface area contributed by atoms with Gasteiger partial charge in [-0.15, -0.1) is 0 Å². The number of hydrogen-bond acceptors (Lipinski definition) is 7. The fourth-order valence-corrected chi connectivity index (χ4v) is 4.10. The molecule has 162 valence electrons. The maximum absolute atomic E-state index is 12.6. The Hall–Kier alpha value is -2.97. The molecule has 4 rings (SSSR count). The van der Waals surface area contributed by atoms with Gasteiger partial charge in [0.2, 0.25) is 5.95 Å². The van der Waals surface area contributed by atoms with Crippen LogP contribution in [0.15, 0.2) is 36.5 Å². The van der Waals surface area contributed by atoms with Gasteiger partial charge >= 0.3 is 5.97 Å². The van der Waals surface area contributed by atoms with Crippen molar-refractivity contribution < 1.29 is 9.53 Å². The number of likely N-dealkylation sites (N-methyl/N-ethyl adjacent to an activating group) is 1. The lowest BCUT2D eigenvalue weighted by atomic mass is 10.0. The highest BCUT2D eigenvalue weighted by molar-refractivity contribution is 6.29. The third-order valence-electron chi connectivity index (χ3n) is 5.49. The number of halogens is 1. The predicted octanol–water partition coefficient (Wildman–Crippen LogP) is 2.95. The zero-order valence-corrected chi connectivity index (χ0v) is 18.3. The van der Waals surface area contributed by atoms with E-state index in [0.29, 0.717) is 36.0 Å². The number of aryl methyl sites for hydroxylation is 1. The molecule has 0 radical (unpaired) electrons. The molecule has 0 aliphatic carbocycles. The van der Waals surface area contributed by atoms with Crippen LogP contribution in [0.4, 0.5) is 5.95 Å². The van der Waals surface area contributed by atoms with Crippen LogP contribution in [-0.4, -0.2) is 56.9 Å². The van der Waals surface area contributed by atoms with Crippen LogP contribution in [-0.2, 0) is 18.2 Å². The molecule has 8 nitrogen and oxygen atoms in total. The molecule has 2 N–H and O–H groups in total. The number of hydrogen-bond donors (Lipinski definition) is 1. The van der Waals surface area contributed by atoms with Crippen LogP contribution in [0.25, 0.3) is 11.4 Å². The van der Waals surface area contributed by atoms with Crippen LogP contribution < -0.4 is 5.73 Å². The minimum absolute atomic E-state index is 0.0942. The van der Waals surface area contributed by atoms with Crippen LogP contribution in [0.3, 0.4) is 0 Å². The van der Waals surface area contributed by atoms with Gasteiger partial charge in [-0.1, -0.05) is 23.7 Å². The number of aromatic nitrogens is 4. The summed E-state index contributed by atoms with van der Waals surface area (Å²) < 4.78 is 7.28.